The van der Waals surface area contributed by atoms with Gasteiger partial charge in [-0.25, -0.2) is 0 Å². The molecule has 2 rings (SSSR count). The van der Waals surface area contributed by atoms with Crippen LogP contribution in [-0.4, -0.2) is 29.6 Å². The van der Waals surface area contributed by atoms with Gasteiger partial charge in [0.15, 0.2) is 0 Å². The predicted molar refractivity (Wildman–Crippen MR) is 71.3 cm³/mol. The number of carbonyl (C=O) groups is 1. The van der Waals surface area contributed by atoms with Gasteiger partial charge in [-0.2, -0.15) is 0 Å². The van der Waals surface area contributed by atoms with Gasteiger partial charge in [0.25, 0.3) is 5.91 Å². The van der Waals surface area contributed by atoms with Crippen LogP contribution in [0.2, 0.25) is 0 Å². The topological polar surface area (TPSA) is 46.1 Å². The largest absolute Gasteiger partial charge is 0.347 e. The zero-order valence-corrected chi connectivity index (χ0v) is 11.8. The number of aromatic nitrogens is 1. The van der Waals surface area contributed by atoms with E-state index in [4.69, 9.17) is 0 Å². The first-order valence-corrected chi connectivity index (χ1v) is 6.76. The van der Waals surface area contributed by atoms with E-state index in [1.165, 1.54) is 0 Å². The molecule has 5 heteroatoms. The zero-order chi connectivity index (χ0) is 12.4. The molecule has 2 N–H and O–H groups in total. The number of nitrogens with zero attached hydrogens (tertiary/aromatic N) is 1. The van der Waals surface area contributed by atoms with Crippen molar-refractivity contribution in [1.29, 1.82) is 0 Å². The number of nitrogens with one attached hydrogen (secondary N) is 2. The van der Waals surface area contributed by atoms with Gasteiger partial charge in [-0.15, -0.1) is 0 Å². The highest BCUT2D eigenvalue weighted by Gasteiger charge is 2.20. The van der Waals surface area contributed by atoms with Crippen molar-refractivity contribution >= 4 is 21.8 Å². The van der Waals surface area contributed by atoms with Gasteiger partial charge >= 0.3 is 0 Å². The summed E-state index contributed by atoms with van der Waals surface area (Å²) in [7, 11) is 0. The average molecular weight is 300 g/mol. The number of hydrogen-bond acceptors (Lipinski definition) is 2. The molecule has 1 unspecified atom stereocenters. The third-order valence-corrected chi connectivity index (χ3v) is 3.43. The minimum Gasteiger partial charge on any atom is -0.347 e. The van der Waals surface area contributed by atoms with Crippen LogP contribution in [0, 0.1) is 0 Å². The third kappa shape index (κ3) is 2.90. The van der Waals surface area contributed by atoms with Crippen LogP contribution in [0.3, 0.4) is 0 Å². The summed E-state index contributed by atoms with van der Waals surface area (Å²) in [6.07, 6.45) is 2.96. The fourth-order valence-corrected chi connectivity index (χ4v) is 2.53. The normalized spacial score (nSPS) is 19.9. The van der Waals surface area contributed by atoms with E-state index in [-0.39, 0.29) is 18.0 Å². The minimum atomic E-state index is 0.0121. The molecule has 1 aromatic rings. The van der Waals surface area contributed by atoms with Crippen LogP contribution in [0.4, 0.5) is 0 Å². The molecule has 1 aliphatic rings. The molecule has 1 aromatic heterocycles. The van der Waals surface area contributed by atoms with Crippen molar-refractivity contribution in [2.24, 2.45) is 0 Å². The second-order valence-electron chi connectivity index (χ2n) is 4.71. The maximum absolute atomic E-state index is 12.2. The first-order valence-electron chi connectivity index (χ1n) is 5.97. The number of halogens is 1. The summed E-state index contributed by atoms with van der Waals surface area (Å²) < 4.78 is 2.93. The second kappa shape index (κ2) is 5.23. The molecule has 1 amide bonds. The average Bonchev–Trinajstić information content (AvgIpc) is 2.86. The maximum atomic E-state index is 12.2. The molecule has 0 spiro atoms. The highest BCUT2D eigenvalue weighted by Crippen LogP contribution is 2.19. The van der Waals surface area contributed by atoms with Crippen molar-refractivity contribution in [2.45, 2.75) is 32.4 Å². The first kappa shape index (κ1) is 12.6. The lowest BCUT2D eigenvalue weighted by molar-refractivity contribution is 0.0929. The Morgan fingerprint density at radius 3 is 3.00 bits per heavy atom. The lowest BCUT2D eigenvalue weighted by Crippen LogP contribution is -2.37. The molecule has 1 saturated heterocycles. The van der Waals surface area contributed by atoms with Crippen molar-refractivity contribution < 1.29 is 4.79 Å². The van der Waals surface area contributed by atoms with E-state index in [1.807, 2.05) is 16.8 Å². The van der Waals surface area contributed by atoms with Gasteiger partial charge in [-0.1, -0.05) is 0 Å². The lowest BCUT2D eigenvalue weighted by atomic mass is 10.2. The quantitative estimate of drug-likeness (QED) is 0.896. The van der Waals surface area contributed by atoms with Crippen LogP contribution in [0.15, 0.2) is 16.7 Å². The Balaban J connectivity index is 2.12. The maximum Gasteiger partial charge on any atom is 0.268 e. The van der Waals surface area contributed by atoms with Crippen molar-refractivity contribution in [3.63, 3.8) is 0 Å². The molecule has 1 atom stereocenters. The number of amides is 1. The van der Waals surface area contributed by atoms with Gasteiger partial charge in [0.1, 0.15) is 5.69 Å². The minimum absolute atomic E-state index is 0.0121. The molecule has 2 heterocycles. The SMILES string of the molecule is CC(C)n1cc(Br)cc1C(=O)NC1CCNC1. The zero-order valence-electron chi connectivity index (χ0n) is 10.2. The lowest BCUT2D eigenvalue weighted by Gasteiger charge is -2.15. The summed E-state index contributed by atoms with van der Waals surface area (Å²) >= 11 is 3.42. The summed E-state index contributed by atoms with van der Waals surface area (Å²) in [6, 6.07) is 2.41. The van der Waals surface area contributed by atoms with E-state index >= 15 is 0 Å². The van der Waals surface area contributed by atoms with Gasteiger partial charge < -0.3 is 15.2 Å². The van der Waals surface area contributed by atoms with Gasteiger partial charge in [-0.3, -0.25) is 4.79 Å². The Morgan fingerprint density at radius 1 is 1.65 bits per heavy atom. The summed E-state index contributed by atoms with van der Waals surface area (Å²) in [5.41, 5.74) is 0.721. The van der Waals surface area contributed by atoms with Crippen LogP contribution < -0.4 is 10.6 Å². The molecule has 1 fully saturated rings. The Hall–Kier alpha value is -0.810. The van der Waals surface area contributed by atoms with Gasteiger partial charge in [0.2, 0.25) is 0 Å². The Bertz CT molecular complexity index is 408. The molecule has 0 aromatic carbocycles. The molecule has 0 bridgehead atoms. The van der Waals surface area contributed by atoms with Gasteiger partial charge in [-0.05, 0) is 48.8 Å². The Labute approximate surface area is 110 Å². The molecule has 94 valence electrons. The Kier molecular flexibility index (Phi) is 3.89. The van der Waals surface area contributed by atoms with Crippen LogP contribution in [-0.2, 0) is 0 Å². The molecule has 0 radical (unpaired) electrons. The molecule has 0 saturated carbocycles. The number of hydrogen-bond donors (Lipinski definition) is 2. The highest BCUT2D eigenvalue weighted by atomic mass is 79.9. The summed E-state index contributed by atoms with van der Waals surface area (Å²) in [4.78, 5) is 12.2. The van der Waals surface area contributed by atoms with Crippen molar-refractivity contribution in [2.75, 3.05) is 13.1 Å². The fraction of sp³-hybridized carbons (Fsp3) is 0.583. The Morgan fingerprint density at radius 2 is 2.41 bits per heavy atom. The van der Waals surface area contributed by atoms with Gasteiger partial charge in [0, 0.05) is 29.3 Å². The first-order chi connectivity index (χ1) is 8.08. The summed E-state index contributed by atoms with van der Waals surface area (Å²) in [6.45, 7) is 6.00. The van der Waals surface area contributed by atoms with Crippen molar-refractivity contribution in [3.05, 3.63) is 22.4 Å². The summed E-state index contributed by atoms with van der Waals surface area (Å²) in [5.74, 6) is 0.0121. The van der Waals surface area contributed by atoms with Crippen molar-refractivity contribution in [1.82, 2.24) is 15.2 Å². The van der Waals surface area contributed by atoms with Crippen LogP contribution in [0.1, 0.15) is 36.8 Å². The smallest absolute Gasteiger partial charge is 0.268 e. The van der Waals surface area contributed by atoms with Crippen LogP contribution in [0.25, 0.3) is 0 Å². The molecule has 0 aliphatic carbocycles. The van der Waals surface area contributed by atoms with Gasteiger partial charge in [0.05, 0.1) is 0 Å². The monoisotopic (exact) mass is 299 g/mol. The number of carbonyl (C=O) groups excluding carboxylic acids is 1. The molecular formula is C12H18BrN3O. The van der Waals surface area contributed by atoms with E-state index in [2.05, 4.69) is 40.4 Å². The molecule has 1 aliphatic heterocycles. The number of rotatable bonds is 3. The van der Waals surface area contributed by atoms with E-state index in [1.54, 1.807) is 0 Å². The van der Waals surface area contributed by atoms with Crippen LogP contribution in [0.5, 0.6) is 0 Å². The van der Waals surface area contributed by atoms with Crippen LogP contribution >= 0.6 is 15.9 Å². The second-order valence-corrected chi connectivity index (χ2v) is 5.62. The molecule has 17 heavy (non-hydrogen) atoms. The van der Waals surface area contributed by atoms with Crippen molar-refractivity contribution in [3.8, 4) is 0 Å². The fourth-order valence-electron chi connectivity index (χ4n) is 2.09. The van der Waals surface area contributed by atoms with E-state index in [0.717, 1.165) is 29.7 Å². The summed E-state index contributed by atoms with van der Waals surface area (Å²) in [5, 5.41) is 6.30. The standard InChI is InChI=1S/C12H18BrN3O/c1-8(2)16-7-9(13)5-11(16)12(17)15-10-3-4-14-6-10/h5,7-8,10,14H,3-4,6H2,1-2H3,(H,15,17). The van der Waals surface area contributed by atoms with E-state index in [9.17, 15) is 4.79 Å². The van der Waals surface area contributed by atoms with E-state index < -0.39 is 0 Å². The molecule has 4 nitrogen and oxygen atoms in total. The molecular weight excluding hydrogens is 282 g/mol. The third-order valence-electron chi connectivity index (χ3n) is 3.00. The van der Waals surface area contributed by atoms with E-state index in [0.29, 0.717) is 0 Å². The highest BCUT2D eigenvalue weighted by molar-refractivity contribution is 9.10. The predicted octanol–water partition coefficient (Wildman–Crippen LogP) is 1.92.